The molecule has 84 valence electrons. The number of hydrogen-bond donors (Lipinski definition) is 2. The normalized spacial score (nSPS) is 10.6. The summed E-state index contributed by atoms with van der Waals surface area (Å²) in [4.78, 5) is 11.1. The average Bonchev–Trinajstić information content (AvgIpc) is 2.13. The fraction of sp³-hybridized carbons (Fsp3) is 0.909. The number of hydrogen-bond acceptors (Lipinski definition) is 2. The molecule has 3 heteroatoms. The summed E-state index contributed by atoms with van der Waals surface area (Å²) in [7, 11) is 0. The number of nitrogens with one attached hydrogen (secondary N) is 1. The predicted molar refractivity (Wildman–Crippen MR) is 60.0 cm³/mol. The van der Waals surface area contributed by atoms with Gasteiger partial charge < -0.3 is 11.1 Å². The highest BCUT2D eigenvalue weighted by molar-refractivity contribution is 5.75. The molecule has 0 aliphatic carbocycles. The molecule has 14 heavy (non-hydrogen) atoms. The van der Waals surface area contributed by atoms with Gasteiger partial charge in [0, 0.05) is 19.5 Å². The van der Waals surface area contributed by atoms with E-state index >= 15 is 0 Å². The molecule has 3 N–H and O–H groups in total. The third-order valence-corrected chi connectivity index (χ3v) is 2.15. The van der Waals surface area contributed by atoms with Crippen molar-refractivity contribution >= 4 is 5.91 Å². The number of amides is 1. The summed E-state index contributed by atoms with van der Waals surface area (Å²) in [5.74, 6) is 0.918. The molecule has 0 unspecified atom stereocenters. The van der Waals surface area contributed by atoms with Crippen LogP contribution in [0.25, 0.3) is 0 Å². The number of unbranched alkanes of at least 4 members (excludes halogenated alkanes) is 2. The first-order chi connectivity index (χ1) is 6.66. The fourth-order valence-electron chi connectivity index (χ4n) is 1.31. The van der Waals surface area contributed by atoms with E-state index in [9.17, 15) is 4.79 Å². The van der Waals surface area contributed by atoms with E-state index in [1.807, 2.05) is 0 Å². The van der Waals surface area contributed by atoms with Crippen LogP contribution in [0.2, 0.25) is 0 Å². The highest BCUT2D eigenvalue weighted by Gasteiger charge is 1.99. The van der Waals surface area contributed by atoms with Crippen molar-refractivity contribution in [2.24, 2.45) is 11.7 Å². The van der Waals surface area contributed by atoms with Gasteiger partial charge in [-0.2, -0.15) is 0 Å². The molecule has 0 aliphatic heterocycles. The van der Waals surface area contributed by atoms with Gasteiger partial charge in [0.1, 0.15) is 0 Å². The molecule has 0 aliphatic rings. The number of nitrogens with two attached hydrogens (primary N) is 1. The first kappa shape index (κ1) is 13.4. The second-order valence-electron chi connectivity index (χ2n) is 4.13. The van der Waals surface area contributed by atoms with Crippen molar-refractivity contribution in [3.63, 3.8) is 0 Å². The van der Waals surface area contributed by atoms with Crippen molar-refractivity contribution in [3.8, 4) is 0 Å². The topological polar surface area (TPSA) is 55.1 Å². The zero-order valence-electron chi connectivity index (χ0n) is 9.51. The summed E-state index contributed by atoms with van der Waals surface area (Å²) < 4.78 is 0. The van der Waals surface area contributed by atoms with E-state index in [1.54, 1.807) is 0 Å². The van der Waals surface area contributed by atoms with Gasteiger partial charge in [-0.15, -0.1) is 0 Å². The quantitative estimate of drug-likeness (QED) is 0.586. The van der Waals surface area contributed by atoms with Crippen LogP contribution in [0.15, 0.2) is 0 Å². The summed E-state index contributed by atoms with van der Waals surface area (Å²) in [6, 6.07) is 0. The van der Waals surface area contributed by atoms with E-state index in [2.05, 4.69) is 19.2 Å². The molecule has 0 heterocycles. The molecule has 0 radical (unpaired) electrons. The first-order valence-electron chi connectivity index (χ1n) is 5.63. The molecule has 0 fully saturated rings. The van der Waals surface area contributed by atoms with Gasteiger partial charge in [0.15, 0.2) is 0 Å². The molecule has 0 rings (SSSR count). The van der Waals surface area contributed by atoms with Crippen LogP contribution in [-0.2, 0) is 4.79 Å². The minimum Gasteiger partial charge on any atom is -0.355 e. The van der Waals surface area contributed by atoms with Crippen LogP contribution >= 0.6 is 0 Å². The van der Waals surface area contributed by atoms with Gasteiger partial charge in [0.2, 0.25) is 5.91 Å². The average molecular weight is 200 g/mol. The fourth-order valence-corrected chi connectivity index (χ4v) is 1.31. The number of carbonyl (C=O) groups is 1. The summed E-state index contributed by atoms with van der Waals surface area (Å²) in [5.41, 5.74) is 5.27. The van der Waals surface area contributed by atoms with E-state index in [-0.39, 0.29) is 5.91 Å². The molecule has 0 aromatic carbocycles. The Hall–Kier alpha value is -0.570. The van der Waals surface area contributed by atoms with Crippen molar-refractivity contribution in [2.75, 3.05) is 13.1 Å². The highest BCUT2D eigenvalue weighted by atomic mass is 16.1. The Labute approximate surface area is 87.4 Å². The van der Waals surface area contributed by atoms with Crippen molar-refractivity contribution in [1.29, 1.82) is 0 Å². The summed E-state index contributed by atoms with van der Waals surface area (Å²) in [6.07, 6.45) is 5.32. The monoisotopic (exact) mass is 200 g/mol. The first-order valence-corrected chi connectivity index (χ1v) is 5.63. The van der Waals surface area contributed by atoms with Gasteiger partial charge in [0.05, 0.1) is 0 Å². The van der Waals surface area contributed by atoms with E-state index in [4.69, 9.17) is 5.73 Å². The van der Waals surface area contributed by atoms with Crippen LogP contribution in [-0.4, -0.2) is 19.0 Å². The predicted octanol–water partition coefficient (Wildman–Crippen LogP) is 1.67. The van der Waals surface area contributed by atoms with Crippen molar-refractivity contribution in [2.45, 2.75) is 46.0 Å². The Balaban J connectivity index is 3.15. The molecule has 0 atom stereocenters. The maximum absolute atomic E-state index is 11.1. The van der Waals surface area contributed by atoms with Crippen LogP contribution in [0.4, 0.5) is 0 Å². The van der Waals surface area contributed by atoms with E-state index < -0.39 is 0 Å². The zero-order chi connectivity index (χ0) is 10.8. The number of rotatable bonds is 8. The molecular weight excluding hydrogens is 176 g/mol. The van der Waals surface area contributed by atoms with E-state index in [1.165, 1.54) is 12.8 Å². The van der Waals surface area contributed by atoms with Crippen molar-refractivity contribution in [1.82, 2.24) is 5.32 Å². The lowest BCUT2D eigenvalue weighted by Crippen LogP contribution is -2.28. The molecule has 3 nitrogen and oxygen atoms in total. The summed E-state index contributed by atoms with van der Waals surface area (Å²) in [6.45, 7) is 5.59. The maximum Gasteiger partial charge on any atom is 0.220 e. The SMILES string of the molecule is CC(C)CCCCCC(=O)NCCN. The van der Waals surface area contributed by atoms with E-state index in [0.29, 0.717) is 19.5 Å². The van der Waals surface area contributed by atoms with Crippen molar-refractivity contribution in [3.05, 3.63) is 0 Å². The van der Waals surface area contributed by atoms with Gasteiger partial charge in [-0.1, -0.05) is 33.1 Å². The molecule has 0 aromatic heterocycles. The van der Waals surface area contributed by atoms with Crippen molar-refractivity contribution < 1.29 is 4.79 Å². The smallest absolute Gasteiger partial charge is 0.220 e. The summed E-state index contributed by atoms with van der Waals surface area (Å²) >= 11 is 0. The maximum atomic E-state index is 11.1. The third kappa shape index (κ3) is 9.52. The molecule has 0 bridgehead atoms. The standard InChI is InChI=1S/C11H24N2O/c1-10(2)6-4-3-5-7-11(14)13-9-8-12/h10H,3-9,12H2,1-2H3,(H,13,14). The molecule has 0 aromatic rings. The molecule has 0 saturated heterocycles. The van der Waals surface area contributed by atoms with Crippen LogP contribution in [0, 0.1) is 5.92 Å². The minimum atomic E-state index is 0.139. The number of carbonyl (C=O) groups excluding carboxylic acids is 1. The Morgan fingerprint density at radius 3 is 2.57 bits per heavy atom. The lowest BCUT2D eigenvalue weighted by molar-refractivity contribution is -0.121. The lowest BCUT2D eigenvalue weighted by Gasteiger charge is -2.04. The molecule has 0 saturated carbocycles. The van der Waals surface area contributed by atoms with E-state index in [0.717, 1.165) is 18.8 Å². The Bertz CT molecular complexity index is 146. The second kappa shape index (κ2) is 9.00. The van der Waals surface area contributed by atoms with Gasteiger partial charge in [-0.25, -0.2) is 0 Å². The lowest BCUT2D eigenvalue weighted by atomic mass is 10.0. The van der Waals surface area contributed by atoms with Gasteiger partial charge in [0.25, 0.3) is 0 Å². The van der Waals surface area contributed by atoms with Gasteiger partial charge >= 0.3 is 0 Å². The molecule has 1 amide bonds. The zero-order valence-corrected chi connectivity index (χ0v) is 9.51. The van der Waals surface area contributed by atoms with Crippen LogP contribution in [0.1, 0.15) is 46.0 Å². The van der Waals surface area contributed by atoms with Crippen LogP contribution in [0.3, 0.4) is 0 Å². The highest BCUT2D eigenvalue weighted by Crippen LogP contribution is 2.09. The third-order valence-electron chi connectivity index (χ3n) is 2.15. The summed E-state index contributed by atoms with van der Waals surface area (Å²) in [5, 5.41) is 2.77. The molecule has 0 spiro atoms. The Kier molecular flexibility index (Phi) is 8.64. The second-order valence-corrected chi connectivity index (χ2v) is 4.13. The Morgan fingerprint density at radius 1 is 1.29 bits per heavy atom. The van der Waals surface area contributed by atoms with Gasteiger partial charge in [-0.05, 0) is 12.3 Å². The molecular formula is C11H24N2O. The van der Waals surface area contributed by atoms with Gasteiger partial charge in [-0.3, -0.25) is 4.79 Å². The van der Waals surface area contributed by atoms with Crippen LogP contribution in [0.5, 0.6) is 0 Å². The minimum absolute atomic E-state index is 0.139. The Morgan fingerprint density at radius 2 is 2.00 bits per heavy atom. The largest absolute Gasteiger partial charge is 0.355 e. The van der Waals surface area contributed by atoms with Crippen LogP contribution < -0.4 is 11.1 Å².